The standard InChI is InChI=1S/C13H18N2S/c1-9(2)16-8-10-7-15(3)13-5-4-11(14)6-12(10)13/h4-7,9H,8,14H2,1-3H3. The van der Waals surface area contributed by atoms with Gasteiger partial charge in [0.25, 0.3) is 0 Å². The van der Waals surface area contributed by atoms with E-state index in [0.717, 1.165) is 11.4 Å². The fourth-order valence-corrected chi connectivity index (χ4v) is 2.61. The molecule has 0 spiro atoms. The van der Waals surface area contributed by atoms with Crippen LogP contribution in [0.25, 0.3) is 10.9 Å². The highest BCUT2D eigenvalue weighted by molar-refractivity contribution is 7.99. The lowest BCUT2D eigenvalue weighted by molar-refractivity contribution is 0.962. The zero-order valence-electron chi connectivity index (χ0n) is 10.0. The van der Waals surface area contributed by atoms with Gasteiger partial charge in [-0.15, -0.1) is 0 Å². The largest absolute Gasteiger partial charge is 0.399 e. The van der Waals surface area contributed by atoms with Crippen LogP contribution < -0.4 is 5.73 Å². The number of nitrogens with zero attached hydrogens (tertiary/aromatic N) is 1. The first-order valence-electron chi connectivity index (χ1n) is 5.53. The van der Waals surface area contributed by atoms with Crippen LogP contribution in [0.15, 0.2) is 24.4 Å². The van der Waals surface area contributed by atoms with Crippen LogP contribution in [0.2, 0.25) is 0 Å². The summed E-state index contributed by atoms with van der Waals surface area (Å²) in [6.07, 6.45) is 2.21. The van der Waals surface area contributed by atoms with Gasteiger partial charge >= 0.3 is 0 Å². The minimum absolute atomic E-state index is 0.663. The van der Waals surface area contributed by atoms with Crippen LogP contribution in [0, 0.1) is 0 Å². The highest BCUT2D eigenvalue weighted by Crippen LogP contribution is 2.27. The molecule has 2 aromatic rings. The summed E-state index contributed by atoms with van der Waals surface area (Å²) in [5, 5.41) is 1.95. The lowest BCUT2D eigenvalue weighted by Crippen LogP contribution is -1.88. The van der Waals surface area contributed by atoms with Crippen LogP contribution in [0.5, 0.6) is 0 Å². The molecule has 0 amide bonds. The third-order valence-corrected chi connectivity index (χ3v) is 3.81. The summed E-state index contributed by atoms with van der Waals surface area (Å²) in [4.78, 5) is 0. The summed E-state index contributed by atoms with van der Waals surface area (Å²) in [5.74, 6) is 1.05. The maximum Gasteiger partial charge on any atom is 0.0482 e. The molecule has 2 N–H and O–H groups in total. The molecule has 0 fully saturated rings. The second kappa shape index (κ2) is 4.42. The Balaban J connectivity index is 2.41. The van der Waals surface area contributed by atoms with Crippen molar-refractivity contribution in [1.82, 2.24) is 4.57 Å². The molecule has 0 aliphatic rings. The van der Waals surface area contributed by atoms with Crippen LogP contribution in [0.4, 0.5) is 5.69 Å². The fourth-order valence-electron chi connectivity index (χ4n) is 1.86. The van der Waals surface area contributed by atoms with Crippen molar-refractivity contribution in [1.29, 1.82) is 0 Å². The van der Waals surface area contributed by atoms with Gasteiger partial charge in [-0.25, -0.2) is 0 Å². The molecule has 0 saturated carbocycles. The predicted octanol–water partition coefficient (Wildman–Crippen LogP) is 3.40. The van der Waals surface area contributed by atoms with Crippen molar-refractivity contribution in [3.05, 3.63) is 30.0 Å². The number of benzene rings is 1. The number of rotatable bonds is 3. The van der Waals surface area contributed by atoms with Gasteiger partial charge in [-0.2, -0.15) is 11.8 Å². The van der Waals surface area contributed by atoms with Crippen molar-refractivity contribution < 1.29 is 0 Å². The highest BCUT2D eigenvalue weighted by atomic mass is 32.2. The quantitative estimate of drug-likeness (QED) is 0.825. The second-order valence-corrected chi connectivity index (χ2v) is 5.97. The Hall–Kier alpha value is -1.09. The number of aromatic nitrogens is 1. The maximum absolute atomic E-state index is 5.84. The van der Waals surface area contributed by atoms with Gasteiger partial charge in [0.1, 0.15) is 0 Å². The third kappa shape index (κ3) is 2.19. The molecule has 16 heavy (non-hydrogen) atoms. The minimum atomic E-state index is 0.663. The molecule has 0 unspecified atom stereocenters. The average molecular weight is 234 g/mol. The molecular weight excluding hydrogens is 216 g/mol. The molecule has 0 aliphatic carbocycles. The summed E-state index contributed by atoms with van der Waals surface area (Å²) in [6.45, 7) is 4.45. The van der Waals surface area contributed by atoms with Crippen molar-refractivity contribution in [2.75, 3.05) is 5.73 Å². The van der Waals surface area contributed by atoms with Crippen LogP contribution in [-0.2, 0) is 12.8 Å². The molecule has 0 saturated heterocycles. The summed E-state index contributed by atoms with van der Waals surface area (Å²) < 4.78 is 2.17. The summed E-state index contributed by atoms with van der Waals surface area (Å²) in [7, 11) is 2.09. The molecule has 0 radical (unpaired) electrons. The number of aryl methyl sites for hydroxylation is 1. The molecule has 1 heterocycles. The van der Waals surface area contributed by atoms with Crippen LogP contribution in [0.1, 0.15) is 19.4 Å². The van der Waals surface area contributed by atoms with Gasteiger partial charge in [0.2, 0.25) is 0 Å². The van der Waals surface area contributed by atoms with E-state index >= 15 is 0 Å². The van der Waals surface area contributed by atoms with Crippen molar-refractivity contribution in [3.63, 3.8) is 0 Å². The Kier molecular flexibility index (Phi) is 3.15. The molecular formula is C13H18N2S. The Morgan fingerprint density at radius 3 is 2.81 bits per heavy atom. The van der Waals surface area contributed by atoms with Gasteiger partial charge < -0.3 is 10.3 Å². The van der Waals surface area contributed by atoms with E-state index in [0.29, 0.717) is 5.25 Å². The smallest absolute Gasteiger partial charge is 0.0482 e. The van der Waals surface area contributed by atoms with Crippen molar-refractivity contribution in [3.8, 4) is 0 Å². The van der Waals surface area contributed by atoms with Crippen molar-refractivity contribution >= 4 is 28.4 Å². The van der Waals surface area contributed by atoms with Crippen LogP contribution in [-0.4, -0.2) is 9.82 Å². The zero-order valence-corrected chi connectivity index (χ0v) is 10.8. The van der Waals surface area contributed by atoms with Gasteiger partial charge in [-0.3, -0.25) is 0 Å². The Morgan fingerprint density at radius 1 is 1.38 bits per heavy atom. The first-order valence-corrected chi connectivity index (χ1v) is 6.58. The van der Waals surface area contributed by atoms with Gasteiger partial charge in [0.05, 0.1) is 0 Å². The summed E-state index contributed by atoms with van der Waals surface area (Å²) >= 11 is 1.96. The van der Waals surface area contributed by atoms with Crippen LogP contribution in [0.3, 0.4) is 0 Å². The lowest BCUT2D eigenvalue weighted by atomic mass is 10.2. The second-order valence-electron chi connectivity index (χ2n) is 4.40. The topological polar surface area (TPSA) is 30.9 Å². The van der Waals surface area contributed by atoms with E-state index in [4.69, 9.17) is 5.73 Å². The Bertz CT molecular complexity index is 500. The average Bonchev–Trinajstić information content (AvgIpc) is 2.52. The number of anilines is 1. The summed E-state index contributed by atoms with van der Waals surface area (Å²) in [5.41, 5.74) is 9.32. The minimum Gasteiger partial charge on any atom is -0.399 e. The summed E-state index contributed by atoms with van der Waals surface area (Å²) in [6, 6.07) is 6.13. The molecule has 86 valence electrons. The maximum atomic E-state index is 5.84. The predicted molar refractivity (Wildman–Crippen MR) is 73.8 cm³/mol. The highest BCUT2D eigenvalue weighted by Gasteiger charge is 2.07. The van der Waals surface area contributed by atoms with E-state index in [9.17, 15) is 0 Å². The van der Waals surface area contributed by atoms with Gasteiger partial charge in [-0.1, -0.05) is 13.8 Å². The molecule has 2 rings (SSSR count). The number of thioether (sulfide) groups is 1. The van der Waals surface area contributed by atoms with E-state index in [-0.39, 0.29) is 0 Å². The molecule has 0 aliphatic heterocycles. The van der Waals surface area contributed by atoms with E-state index in [2.05, 4.69) is 43.8 Å². The first kappa shape index (κ1) is 11.4. The first-order chi connectivity index (χ1) is 7.58. The van der Waals surface area contributed by atoms with Gasteiger partial charge in [0.15, 0.2) is 0 Å². The number of hydrogen-bond acceptors (Lipinski definition) is 2. The number of fused-ring (bicyclic) bond motifs is 1. The van der Waals surface area contributed by atoms with Crippen LogP contribution >= 0.6 is 11.8 Å². The zero-order chi connectivity index (χ0) is 11.7. The van der Waals surface area contributed by atoms with E-state index in [1.807, 2.05) is 17.8 Å². The monoisotopic (exact) mass is 234 g/mol. The van der Waals surface area contributed by atoms with Gasteiger partial charge in [-0.05, 0) is 29.0 Å². The SMILES string of the molecule is CC(C)SCc1cn(C)c2ccc(N)cc12. The van der Waals surface area contributed by atoms with E-state index < -0.39 is 0 Å². The number of hydrogen-bond donors (Lipinski definition) is 1. The Morgan fingerprint density at radius 2 is 2.12 bits per heavy atom. The van der Waals surface area contributed by atoms with Crippen molar-refractivity contribution in [2.45, 2.75) is 24.9 Å². The van der Waals surface area contributed by atoms with Crippen molar-refractivity contribution in [2.24, 2.45) is 7.05 Å². The van der Waals surface area contributed by atoms with E-state index in [1.54, 1.807) is 0 Å². The lowest BCUT2D eigenvalue weighted by Gasteiger charge is -2.03. The normalized spacial score (nSPS) is 11.5. The Labute approximate surface area is 101 Å². The molecule has 1 aromatic heterocycles. The van der Waals surface area contributed by atoms with E-state index in [1.165, 1.54) is 16.5 Å². The molecule has 1 aromatic carbocycles. The fraction of sp³-hybridized carbons (Fsp3) is 0.385. The molecule has 2 nitrogen and oxygen atoms in total. The van der Waals surface area contributed by atoms with Gasteiger partial charge in [0, 0.05) is 35.6 Å². The third-order valence-electron chi connectivity index (χ3n) is 2.67. The molecule has 3 heteroatoms. The molecule has 0 atom stereocenters. The number of nitrogen functional groups attached to an aromatic ring is 1. The molecule has 0 bridgehead atoms. The number of nitrogens with two attached hydrogens (primary N) is 1.